The van der Waals surface area contributed by atoms with Gasteiger partial charge in [0, 0.05) is 30.6 Å². The smallest absolute Gasteiger partial charge is 0.251 e. The summed E-state index contributed by atoms with van der Waals surface area (Å²) in [6.45, 7) is 1.57. The van der Waals surface area contributed by atoms with Gasteiger partial charge in [0.05, 0.1) is 0 Å². The number of piperidine rings is 1. The first kappa shape index (κ1) is 15.7. The molecular formula is C20H26N2O2. The van der Waals surface area contributed by atoms with Gasteiger partial charge in [0.2, 0.25) is 5.91 Å². The third-order valence-corrected chi connectivity index (χ3v) is 6.12. The van der Waals surface area contributed by atoms with E-state index in [0.717, 1.165) is 25.9 Å². The fourth-order valence-corrected chi connectivity index (χ4v) is 4.67. The molecule has 0 aromatic heterocycles. The van der Waals surface area contributed by atoms with Crippen LogP contribution in [0.25, 0.3) is 0 Å². The molecule has 1 aromatic rings. The molecule has 3 fully saturated rings. The molecule has 128 valence electrons. The zero-order valence-electron chi connectivity index (χ0n) is 14.1. The van der Waals surface area contributed by atoms with Crippen molar-refractivity contribution >= 4 is 11.8 Å². The van der Waals surface area contributed by atoms with E-state index in [4.69, 9.17) is 0 Å². The molecule has 1 N–H and O–H groups in total. The molecule has 0 bridgehead atoms. The molecule has 4 nitrogen and oxygen atoms in total. The molecule has 4 heteroatoms. The van der Waals surface area contributed by atoms with E-state index in [0.29, 0.717) is 29.2 Å². The fourth-order valence-electron chi connectivity index (χ4n) is 4.67. The number of benzene rings is 1. The van der Waals surface area contributed by atoms with E-state index in [1.165, 1.54) is 25.7 Å². The molecule has 24 heavy (non-hydrogen) atoms. The van der Waals surface area contributed by atoms with Crippen LogP contribution in [0.4, 0.5) is 0 Å². The summed E-state index contributed by atoms with van der Waals surface area (Å²) in [5, 5.41) is 3.11. The molecular weight excluding hydrogens is 300 g/mol. The van der Waals surface area contributed by atoms with Crippen LogP contribution in [-0.4, -0.2) is 35.8 Å². The van der Waals surface area contributed by atoms with Crippen molar-refractivity contribution in [2.75, 3.05) is 13.1 Å². The monoisotopic (exact) mass is 326 g/mol. The van der Waals surface area contributed by atoms with Crippen molar-refractivity contribution in [1.29, 1.82) is 0 Å². The van der Waals surface area contributed by atoms with Crippen LogP contribution in [0.1, 0.15) is 48.9 Å². The summed E-state index contributed by atoms with van der Waals surface area (Å²) in [4.78, 5) is 27.0. The van der Waals surface area contributed by atoms with Crippen molar-refractivity contribution in [3.8, 4) is 0 Å². The van der Waals surface area contributed by atoms with Gasteiger partial charge in [-0.25, -0.2) is 0 Å². The predicted molar refractivity (Wildman–Crippen MR) is 92.4 cm³/mol. The van der Waals surface area contributed by atoms with Gasteiger partial charge in [-0.3, -0.25) is 9.59 Å². The number of likely N-dealkylation sites (tertiary alicyclic amines) is 1. The Hall–Kier alpha value is -1.84. The lowest BCUT2D eigenvalue weighted by Crippen LogP contribution is -2.47. The normalized spacial score (nSPS) is 29.7. The first-order chi connectivity index (χ1) is 11.7. The van der Waals surface area contributed by atoms with Crippen LogP contribution in [0.15, 0.2) is 30.3 Å². The Labute approximate surface area is 143 Å². The van der Waals surface area contributed by atoms with E-state index in [2.05, 4.69) is 5.32 Å². The Balaban J connectivity index is 1.26. The highest BCUT2D eigenvalue weighted by atomic mass is 16.2. The second-order valence-corrected chi connectivity index (χ2v) is 7.58. The first-order valence-corrected chi connectivity index (χ1v) is 9.39. The lowest BCUT2D eigenvalue weighted by atomic mass is 10.0. The van der Waals surface area contributed by atoms with Gasteiger partial charge in [-0.15, -0.1) is 0 Å². The van der Waals surface area contributed by atoms with Crippen LogP contribution >= 0.6 is 0 Å². The summed E-state index contributed by atoms with van der Waals surface area (Å²) < 4.78 is 0. The van der Waals surface area contributed by atoms with Gasteiger partial charge >= 0.3 is 0 Å². The largest absolute Gasteiger partial charge is 0.349 e. The topological polar surface area (TPSA) is 49.4 Å². The van der Waals surface area contributed by atoms with Crippen molar-refractivity contribution < 1.29 is 9.59 Å². The summed E-state index contributed by atoms with van der Waals surface area (Å²) in [6, 6.07) is 9.53. The number of hydrogen-bond acceptors (Lipinski definition) is 2. The molecule has 2 aliphatic carbocycles. The van der Waals surface area contributed by atoms with Crippen LogP contribution < -0.4 is 5.32 Å². The van der Waals surface area contributed by atoms with Gasteiger partial charge in [0.25, 0.3) is 5.91 Å². The van der Waals surface area contributed by atoms with Gasteiger partial charge in [0.1, 0.15) is 0 Å². The molecule has 3 atom stereocenters. The van der Waals surface area contributed by atoms with Crippen molar-refractivity contribution in [1.82, 2.24) is 10.2 Å². The standard InChI is InChI=1S/C20H26N2O2/c23-19(14-6-2-1-3-7-14)21-15-10-12-22(13-11-15)20(24)18-16-8-4-5-9-17(16)18/h1-3,6-7,15-18H,4-5,8-13H2,(H,21,23)/t16-,17+,18?. The number of hydrogen-bond donors (Lipinski definition) is 1. The van der Waals surface area contributed by atoms with E-state index < -0.39 is 0 Å². The van der Waals surface area contributed by atoms with E-state index in [9.17, 15) is 9.59 Å². The average molecular weight is 326 g/mol. The second kappa shape index (κ2) is 6.58. The second-order valence-electron chi connectivity index (χ2n) is 7.58. The van der Waals surface area contributed by atoms with Gasteiger partial charge < -0.3 is 10.2 Å². The molecule has 3 aliphatic rings. The maximum Gasteiger partial charge on any atom is 0.251 e. The van der Waals surface area contributed by atoms with Gasteiger partial charge in [-0.1, -0.05) is 31.0 Å². The van der Waals surface area contributed by atoms with Crippen molar-refractivity contribution in [2.45, 2.75) is 44.6 Å². The molecule has 2 amide bonds. The number of carbonyl (C=O) groups excluding carboxylic acids is 2. The number of carbonyl (C=O) groups is 2. The Kier molecular flexibility index (Phi) is 4.30. The summed E-state index contributed by atoms with van der Waals surface area (Å²) in [5.41, 5.74) is 0.707. The molecule has 1 saturated heterocycles. The van der Waals surface area contributed by atoms with E-state index in [1.54, 1.807) is 0 Å². The molecule has 1 aromatic carbocycles. The zero-order chi connectivity index (χ0) is 16.5. The highest BCUT2D eigenvalue weighted by molar-refractivity contribution is 5.94. The van der Waals surface area contributed by atoms with Gasteiger partial charge in [-0.2, -0.15) is 0 Å². The number of nitrogens with one attached hydrogen (secondary N) is 1. The van der Waals surface area contributed by atoms with Crippen molar-refractivity contribution in [3.05, 3.63) is 35.9 Å². The molecule has 0 spiro atoms. The Morgan fingerprint density at radius 2 is 1.54 bits per heavy atom. The van der Waals surface area contributed by atoms with Crippen LogP contribution in [0.2, 0.25) is 0 Å². The van der Waals surface area contributed by atoms with Crippen LogP contribution in [0.5, 0.6) is 0 Å². The SMILES string of the molecule is O=C(NC1CCN(C(=O)C2[C@H]3CCCC[C@@H]23)CC1)c1ccccc1. The average Bonchev–Trinajstić information content (AvgIpc) is 3.37. The molecule has 1 aliphatic heterocycles. The molecule has 0 radical (unpaired) electrons. The Morgan fingerprint density at radius 1 is 0.917 bits per heavy atom. The van der Waals surface area contributed by atoms with E-state index in [1.807, 2.05) is 35.2 Å². The minimum atomic E-state index is -0.00594. The van der Waals surface area contributed by atoms with Gasteiger partial charge in [-0.05, 0) is 49.7 Å². The maximum absolute atomic E-state index is 12.7. The summed E-state index contributed by atoms with van der Waals surface area (Å²) in [7, 11) is 0. The van der Waals surface area contributed by atoms with Crippen LogP contribution in [-0.2, 0) is 4.79 Å². The van der Waals surface area contributed by atoms with Crippen molar-refractivity contribution in [3.63, 3.8) is 0 Å². The third-order valence-electron chi connectivity index (χ3n) is 6.12. The van der Waals surface area contributed by atoms with Crippen molar-refractivity contribution in [2.24, 2.45) is 17.8 Å². The third kappa shape index (κ3) is 3.06. The molecule has 1 unspecified atom stereocenters. The van der Waals surface area contributed by atoms with E-state index in [-0.39, 0.29) is 11.9 Å². The Bertz CT molecular complexity index is 595. The number of nitrogens with zero attached hydrogens (tertiary/aromatic N) is 1. The maximum atomic E-state index is 12.7. The predicted octanol–water partition coefficient (Wildman–Crippen LogP) is 2.84. The van der Waals surface area contributed by atoms with Crippen LogP contribution in [0, 0.1) is 17.8 Å². The number of rotatable bonds is 3. The summed E-state index contributed by atoms with van der Waals surface area (Å²) >= 11 is 0. The molecule has 1 heterocycles. The highest BCUT2D eigenvalue weighted by Crippen LogP contribution is 2.56. The molecule has 4 rings (SSSR count). The highest BCUT2D eigenvalue weighted by Gasteiger charge is 2.55. The number of amides is 2. The lowest BCUT2D eigenvalue weighted by Gasteiger charge is -2.32. The van der Waals surface area contributed by atoms with Gasteiger partial charge in [0.15, 0.2) is 0 Å². The lowest BCUT2D eigenvalue weighted by molar-refractivity contribution is -0.134. The zero-order valence-corrected chi connectivity index (χ0v) is 14.1. The van der Waals surface area contributed by atoms with Crippen LogP contribution in [0.3, 0.4) is 0 Å². The first-order valence-electron chi connectivity index (χ1n) is 9.39. The quantitative estimate of drug-likeness (QED) is 0.928. The fraction of sp³-hybridized carbons (Fsp3) is 0.600. The summed E-state index contributed by atoms with van der Waals surface area (Å²) in [5.74, 6) is 2.07. The molecule has 2 saturated carbocycles. The minimum absolute atomic E-state index is 0.00594. The minimum Gasteiger partial charge on any atom is -0.349 e. The Morgan fingerprint density at radius 3 is 2.17 bits per heavy atom. The summed E-state index contributed by atoms with van der Waals surface area (Å²) in [6.07, 6.45) is 6.85. The number of fused-ring (bicyclic) bond motifs is 1. The van der Waals surface area contributed by atoms with E-state index >= 15 is 0 Å².